The summed E-state index contributed by atoms with van der Waals surface area (Å²) in [5.74, 6) is 0.744. The maximum Gasteiger partial charge on any atom is 0.412 e. The average Bonchev–Trinajstić information content (AvgIpc) is 2.49. The lowest BCUT2D eigenvalue weighted by Crippen LogP contribution is -2.47. The average molecular weight is 290 g/mol. The number of amides is 2. The van der Waals surface area contributed by atoms with Gasteiger partial charge in [-0.3, -0.25) is 4.79 Å². The van der Waals surface area contributed by atoms with Crippen LogP contribution in [0.4, 0.5) is 4.79 Å². The van der Waals surface area contributed by atoms with Gasteiger partial charge in [0.25, 0.3) is 0 Å². The van der Waals surface area contributed by atoms with E-state index in [-0.39, 0.29) is 11.9 Å². The fraction of sp³-hybridized carbons (Fsp3) is 0.500. The minimum Gasteiger partial charge on any atom is -0.410 e. The van der Waals surface area contributed by atoms with Crippen molar-refractivity contribution in [3.05, 3.63) is 30.3 Å². The third-order valence-corrected chi connectivity index (χ3v) is 3.59. The summed E-state index contributed by atoms with van der Waals surface area (Å²) in [5, 5.41) is 2.86. The lowest BCUT2D eigenvalue weighted by atomic mass is 10.0. The van der Waals surface area contributed by atoms with Crippen LogP contribution in [0.3, 0.4) is 0 Å². The number of para-hydroxylation sites is 1. The molecule has 0 spiro atoms. The highest BCUT2D eigenvalue weighted by atomic mass is 16.6. The first-order valence-corrected chi connectivity index (χ1v) is 7.50. The first-order chi connectivity index (χ1) is 10.2. The molecule has 0 unspecified atom stereocenters. The third-order valence-electron chi connectivity index (χ3n) is 3.59. The number of benzene rings is 1. The predicted molar refractivity (Wildman–Crippen MR) is 80.1 cm³/mol. The number of likely N-dealkylation sites (tertiary alicyclic amines) is 1. The zero-order valence-electron chi connectivity index (χ0n) is 12.4. The van der Waals surface area contributed by atoms with E-state index in [2.05, 4.69) is 5.32 Å². The van der Waals surface area contributed by atoms with Gasteiger partial charge in [0.05, 0.1) is 0 Å². The first-order valence-electron chi connectivity index (χ1n) is 7.50. The van der Waals surface area contributed by atoms with E-state index < -0.39 is 6.09 Å². The summed E-state index contributed by atoms with van der Waals surface area (Å²) in [6.07, 6.45) is 2.60. The molecule has 1 aromatic rings. The Labute approximate surface area is 125 Å². The van der Waals surface area contributed by atoms with E-state index >= 15 is 0 Å². The van der Waals surface area contributed by atoms with Crippen molar-refractivity contribution in [2.75, 3.05) is 13.1 Å². The van der Waals surface area contributed by atoms with Gasteiger partial charge in [-0.2, -0.15) is 0 Å². The van der Waals surface area contributed by atoms with Crippen LogP contribution < -0.4 is 10.1 Å². The lowest BCUT2D eigenvalue weighted by molar-refractivity contribution is -0.132. The molecule has 0 aliphatic carbocycles. The molecule has 1 N–H and O–H groups in total. The minimum absolute atomic E-state index is 0.0758. The van der Waals surface area contributed by atoms with Gasteiger partial charge in [0, 0.05) is 25.6 Å². The molecule has 2 amide bonds. The Morgan fingerprint density at radius 1 is 1.24 bits per heavy atom. The minimum atomic E-state index is -0.431. The van der Waals surface area contributed by atoms with E-state index in [1.807, 2.05) is 30.0 Å². The second kappa shape index (κ2) is 7.67. The largest absolute Gasteiger partial charge is 0.412 e. The summed E-state index contributed by atoms with van der Waals surface area (Å²) in [7, 11) is 0. The Balaban J connectivity index is 1.73. The van der Waals surface area contributed by atoms with Gasteiger partial charge in [-0.25, -0.2) is 4.79 Å². The van der Waals surface area contributed by atoms with Gasteiger partial charge in [-0.05, 0) is 31.4 Å². The number of hydrogen-bond donors (Lipinski definition) is 1. The van der Waals surface area contributed by atoms with Gasteiger partial charge in [0.15, 0.2) is 0 Å². The fourth-order valence-electron chi connectivity index (χ4n) is 2.44. The molecule has 1 aromatic carbocycles. The van der Waals surface area contributed by atoms with Crippen LogP contribution in [0, 0.1) is 0 Å². The van der Waals surface area contributed by atoms with Crippen LogP contribution in [0.2, 0.25) is 0 Å². The summed E-state index contributed by atoms with van der Waals surface area (Å²) in [4.78, 5) is 25.4. The topological polar surface area (TPSA) is 58.6 Å². The van der Waals surface area contributed by atoms with Crippen molar-refractivity contribution in [2.24, 2.45) is 0 Å². The molecule has 1 heterocycles. The Bertz CT molecular complexity index is 468. The fourth-order valence-corrected chi connectivity index (χ4v) is 2.44. The Kier molecular flexibility index (Phi) is 5.60. The van der Waals surface area contributed by atoms with Crippen molar-refractivity contribution < 1.29 is 14.3 Å². The van der Waals surface area contributed by atoms with Gasteiger partial charge in [0.1, 0.15) is 5.75 Å². The van der Waals surface area contributed by atoms with Crippen molar-refractivity contribution in [2.45, 2.75) is 38.6 Å². The van der Waals surface area contributed by atoms with Crippen LogP contribution in [-0.2, 0) is 4.79 Å². The molecule has 114 valence electrons. The van der Waals surface area contributed by atoms with Gasteiger partial charge in [0.2, 0.25) is 5.91 Å². The highest BCUT2D eigenvalue weighted by molar-refractivity contribution is 5.76. The summed E-state index contributed by atoms with van der Waals surface area (Å²) in [6.45, 7) is 3.41. The number of carbonyl (C=O) groups excluding carboxylic acids is 2. The third kappa shape index (κ3) is 4.77. The molecule has 0 bridgehead atoms. The number of piperidine rings is 1. The van der Waals surface area contributed by atoms with Gasteiger partial charge < -0.3 is 15.0 Å². The van der Waals surface area contributed by atoms with Crippen molar-refractivity contribution in [1.82, 2.24) is 10.2 Å². The number of carbonyl (C=O) groups is 2. The van der Waals surface area contributed by atoms with Crippen LogP contribution in [0.25, 0.3) is 0 Å². The summed E-state index contributed by atoms with van der Waals surface area (Å²) in [5.41, 5.74) is 0. The molecule has 0 aromatic heterocycles. The Morgan fingerprint density at radius 3 is 2.52 bits per heavy atom. The smallest absolute Gasteiger partial charge is 0.410 e. The van der Waals surface area contributed by atoms with Crippen molar-refractivity contribution >= 4 is 12.0 Å². The molecule has 21 heavy (non-hydrogen) atoms. The van der Waals surface area contributed by atoms with Gasteiger partial charge in [-0.1, -0.05) is 25.1 Å². The van der Waals surface area contributed by atoms with Gasteiger partial charge >= 0.3 is 6.09 Å². The molecule has 1 aliphatic heterocycles. The predicted octanol–water partition coefficient (Wildman–Crippen LogP) is 2.57. The van der Waals surface area contributed by atoms with E-state index in [0.29, 0.717) is 25.3 Å². The molecular weight excluding hydrogens is 268 g/mol. The summed E-state index contributed by atoms with van der Waals surface area (Å²) < 4.78 is 5.20. The second-order valence-corrected chi connectivity index (χ2v) is 5.25. The van der Waals surface area contributed by atoms with Crippen LogP contribution in [0.15, 0.2) is 30.3 Å². The monoisotopic (exact) mass is 290 g/mol. The highest BCUT2D eigenvalue weighted by Gasteiger charge is 2.23. The molecule has 5 heteroatoms. The highest BCUT2D eigenvalue weighted by Crippen LogP contribution is 2.13. The SMILES string of the molecule is CCCC(=O)N1CCC(NC(=O)Oc2ccccc2)CC1. The number of hydrogen-bond acceptors (Lipinski definition) is 3. The number of nitrogens with one attached hydrogen (secondary N) is 1. The second-order valence-electron chi connectivity index (χ2n) is 5.25. The molecule has 1 fully saturated rings. The van der Waals surface area contributed by atoms with E-state index in [1.54, 1.807) is 12.1 Å². The molecule has 0 radical (unpaired) electrons. The van der Waals surface area contributed by atoms with E-state index in [4.69, 9.17) is 4.74 Å². The number of rotatable bonds is 4. The van der Waals surface area contributed by atoms with Crippen LogP contribution in [0.5, 0.6) is 5.75 Å². The molecular formula is C16H22N2O3. The first kappa shape index (κ1) is 15.4. The Hall–Kier alpha value is -2.04. The molecule has 2 rings (SSSR count). The van der Waals surface area contributed by atoms with Crippen molar-refractivity contribution in [1.29, 1.82) is 0 Å². The quantitative estimate of drug-likeness (QED) is 0.927. The summed E-state index contributed by atoms with van der Waals surface area (Å²) >= 11 is 0. The van der Waals surface area contributed by atoms with Crippen LogP contribution in [-0.4, -0.2) is 36.0 Å². The molecule has 1 saturated heterocycles. The Morgan fingerprint density at radius 2 is 1.90 bits per heavy atom. The van der Waals surface area contributed by atoms with Crippen molar-refractivity contribution in [3.63, 3.8) is 0 Å². The van der Waals surface area contributed by atoms with E-state index in [0.717, 1.165) is 19.3 Å². The standard InChI is InChI=1S/C16H22N2O3/c1-2-6-15(19)18-11-9-13(10-12-18)17-16(20)21-14-7-4-3-5-8-14/h3-5,7-8,13H,2,6,9-12H2,1H3,(H,17,20). The zero-order chi connectivity index (χ0) is 15.1. The number of ether oxygens (including phenoxy) is 1. The van der Waals surface area contributed by atoms with Crippen LogP contribution in [0.1, 0.15) is 32.6 Å². The number of nitrogens with zero attached hydrogens (tertiary/aromatic N) is 1. The molecule has 1 aliphatic rings. The van der Waals surface area contributed by atoms with Gasteiger partial charge in [-0.15, -0.1) is 0 Å². The maximum atomic E-state index is 11.8. The maximum absolute atomic E-state index is 11.8. The van der Waals surface area contributed by atoms with E-state index in [1.165, 1.54) is 0 Å². The molecule has 0 saturated carbocycles. The van der Waals surface area contributed by atoms with Crippen molar-refractivity contribution in [3.8, 4) is 5.75 Å². The zero-order valence-corrected chi connectivity index (χ0v) is 12.4. The normalized spacial score (nSPS) is 15.6. The lowest BCUT2D eigenvalue weighted by Gasteiger charge is -2.32. The summed E-state index contributed by atoms with van der Waals surface area (Å²) in [6, 6.07) is 9.07. The van der Waals surface area contributed by atoms with E-state index in [9.17, 15) is 9.59 Å². The molecule has 5 nitrogen and oxygen atoms in total. The molecule has 0 atom stereocenters. The van der Waals surface area contributed by atoms with Crippen LogP contribution >= 0.6 is 0 Å².